The lowest BCUT2D eigenvalue weighted by Gasteiger charge is -2.65. The molecule has 5 saturated carbocycles. The molecule has 0 aliphatic heterocycles. The molecule has 5 fully saturated rings. The predicted octanol–water partition coefficient (Wildman–Crippen LogP) is 7.03. The Balaban J connectivity index is 1.22. The number of carbonyl (C=O) groups excluding carboxylic acids is 1. The number of hydrogen-bond donors (Lipinski definition) is 2. The minimum absolute atomic E-state index is 0.0571. The smallest absolute Gasteiger partial charge is 0.312 e. The predicted molar refractivity (Wildman–Crippen MR) is 159 cm³/mol. The number of rotatable bonds is 8. The van der Waals surface area contributed by atoms with Gasteiger partial charge in [-0.1, -0.05) is 55.7 Å². The highest BCUT2D eigenvalue weighted by Gasteiger charge is 2.61. The van der Waals surface area contributed by atoms with Gasteiger partial charge in [0.15, 0.2) is 0 Å². The normalized spacial score (nSPS) is 29.7. The zero-order valence-corrected chi connectivity index (χ0v) is 24.2. The molecule has 1 aromatic carbocycles. The van der Waals surface area contributed by atoms with Crippen molar-refractivity contribution in [1.82, 2.24) is 14.7 Å². The van der Waals surface area contributed by atoms with Gasteiger partial charge in [-0.2, -0.15) is 0 Å². The van der Waals surface area contributed by atoms with Crippen molar-refractivity contribution in [3.05, 3.63) is 71.7 Å². The Morgan fingerprint density at radius 2 is 1.63 bits per heavy atom. The minimum Gasteiger partial charge on any atom is -0.481 e. The second kappa shape index (κ2) is 10.3. The van der Waals surface area contributed by atoms with Crippen LogP contribution in [-0.2, 0) is 11.2 Å². The number of pyridine rings is 1. The summed E-state index contributed by atoms with van der Waals surface area (Å²) in [6.07, 6.45) is 16.2. The molecule has 6 heteroatoms. The number of benzene rings is 1. The van der Waals surface area contributed by atoms with Crippen molar-refractivity contribution >= 4 is 17.5 Å². The van der Waals surface area contributed by atoms with Gasteiger partial charge in [0.1, 0.15) is 17.3 Å². The van der Waals surface area contributed by atoms with Crippen LogP contribution in [0.25, 0.3) is 5.65 Å². The third-order valence-electron chi connectivity index (χ3n) is 11.6. The van der Waals surface area contributed by atoms with Crippen LogP contribution in [0.4, 0.5) is 0 Å². The van der Waals surface area contributed by atoms with Crippen LogP contribution in [-0.4, -0.2) is 31.9 Å². The fraction of sp³-hybridized carbons (Fsp3) is 0.571. The molecule has 3 aromatic rings. The summed E-state index contributed by atoms with van der Waals surface area (Å²) in [5.74, 6) is 1.20. The number of carbonyl (C=O) groups is 2. The monoisotopic (exact) mass is 553 g/mol. The van der Waals surface area contributed by atoms with Gasteiger partial charge in [-0.05, 0) is 111 Å². The number of fused-ring (bicyclic) bond motifs is 1. The first-order chi connectivity index (χ1) is 19.8. The molecule has 2 N–H and O–H groups in total. The van der Waals surface area contributed by atoms with Gasteiger partial charge in [0.2, 0.25) is 0 Å². The van der Waals surface area contributed by atoms with E-state index in [4.69, 9.17) is 4.98 Å². The van der Waals surface area contributed by atoms with Crippen LogP contribution in [0.3, 0.4) is 0 Å². The topological polar surface area (TPSA) is 83.7 Å². The summed E-state index contributed by atoms with van der Waals surface area (Å²) >= 11 is 0. The highest BCUT2D eigenvalue weighted by atomic mass is 16.4. The lowest BCUT2D eigenvalue weighted by molar-refractivity contribution is -0.138. The molecule has 5 aliphatic carbocycles. The van der Waals surface area contributed by atoms with E-state index in [1.54, 1.807) is 6.20 Å². The summed E-state index contributed by atoms with van der Waals surface area (Å²) in [4.78, 5) is 31.4. The maximum absolute atomic E-state index is 14.3. The van der Waals surface area contributed by atoms with Crippen molar-refractivity contribution in [2.45, 2.75) is 95.4 Å². The van der Waals surface area contributed by atoms with Crippen LogP contribution in [0.1, 0.15) is 105 Å². The molecule has 1 amide bonds. The van der Waals surface area contributed by atoms with E-state index in [9.17, 15) is 14.7 Å². The van der Waals surface area contributed by atoms with E-state index in [-0.39, 0.29) is 16.9 Å². The largest absolute Gasteiger partial charge is 0.481 e. The van der Waals surface area contributed by atoms with E-state index >= 15 is 0 Å². The van der Waals surface area contributed by atoms with Gasteiger partial charge in [0.25, 0.3) is 5.91 Å². The Kier molecular flexibility index (Phi) is 6.71. The fourth-order valence-electron chi connectivity index (χ4n) is 9.94. The van der Waals surface area contributed by atoms with Gasteiger partial charge < -0.3 is 10.4 Å². The second-order valence-corrected chi connectivity index (χ2v) is 14.1. The lowest BCUT2D eigenvalue weighted by atomic mass is 9.42. The van der Waals surface area contributed by atoms with E-state index in [2.05, 4.69) is 12.2 Å². The van der Waals surface area contributed by atoms with Crippen LogP contribution >= 0.6 is 0 Å². The average molecular weight is 554 g/mol. The quantitative estimate of drug-likeness (QED) is 0.314. The number of hydrogen-bond acceptors (Lipinski definition) is 3. The van der Waals surface area contributed by atoms with Gasteiger partial charge in [0, 0.05) is 11.7 Å². The molecule has 0 spiro atoms. The van der Waals surface area contributed by atoms with Crippen LogP contribution < -0.4 is 5.32 Å². The van der Waals surface area contributed by atoms with Crippen LogP contribution in [0.2, 0.25) is 0 Å². The van der Waals surface area contributed by atoms with Crippen LogP contribution in [0.15, 0.2) is 54.7 Å². The summed E-state index contributed by atoms with van der Waals surface area (Å²) < 4.78 is 1.81. The molecule has 2 unspecified atom stereocenters. The molecule has 0 saturated heterocycles. The molecular formula is C35H43N3O3. The van der Waals surface area contributed by atoms with Gasteiger partial charge in [-0.25, -0.2) is 4.98 Å². The SMILES string of the molecule is CC(NC(=O)c1cccc2nc(C(Cc3ccccc3)C(=O)O)cn12)(C1CCCCC1)C12CC3CC(CC(C3)C1)C2. The molecule has 216 valence electrons. The number of nitrogens with zero attached hydrogens (tertiary/aromatic N) is 2. The maximum atomic E-state index is 14.3. The molecule has 2 atom stereocenters. The molecular weight excluding hydrogens is 510 g/mol. The highest BCUT2D eigenvalue weighted by molar-refractivity contribution is 5.94. The Morgan fingerprint density at radius 3 is 2.27 bits per heavy atom. The summed E-state index contributed by atoms with van der Waals surface area (Å²) in [5.41, 5.74) is 2.52. The first-order valence-electron chi connectivity index (χ1n) is 15.9. The Labute approximate surface area is 242 Å². The van der Waals surface area contributed by atoms with Crippen molar-refractivity contribution in [3.63, 3.8) is 0 Å². The Morgan fingerprint density at radius 1 is 0.976 bits per heavy atom. The summed E-state index contributed by atoms with van der Waals surface area (Å²) in [7, 11) is 0. The van der Waals surface area contributed by atoms with E-state index in [1.807, 2.05) is 52.9 Å². The summed E-state index contributed by atoms with van der Waals surface area (Å²) in [5, 5.41) is 13.8. The zero-order chi connectivity index (χ0) is 28.2. The standard InChI is InChI=1S/C35H43N3O3/c1-34(27-11-6-3-7-12-27,35-19-24-15-25(20-35)17-26(16-24)21-35)37-32(39)30-13-8-14-31-36-29(22-38(30)31)28(33(40)41)18-23-9-4-2-5-10-23/h2,4-5,8-10,13-14,22,24-28H,3,6-7,11-12,15-21H2,1H3,(H,37,39)(H,40,41). The van der Waals surface area contributed by atoms with Gasteiger partial charge in [-0.3, -0.25) is 14.0 Å². The number of imidazole rings is 1. The number of amides is 1. The molecule has 2 heterocycles. The number of carboxylic acids is 1. The van der Waals surface area contributed by atoms with Crippen molar-refractivity contribution < 1.29 is 14.7 Å². The molecule has 2 aromatic heterocycles. The van der Waals surface area contributed by atoms with Crippen LogP contribution in [0.5, 0.6) is 0 Å². The lowest BCUT2D eigenvalue weighted by Crippen LogP contribution is -2.67. The van der Waals surface area contributed by atoms with E-state index in [1.165, 1.54) is 70.6 Å². The first-order valence-corrected chi connectivity index (χ1v) is 15.9. The van der Waals surface area contributed by atoms with E-state index in [0.29, 0.717) is 29.4 Å². The van der Waals surface area contributed by atoms with Crippen molar-refractivity contribution in [3.8, 4) is 0 Å². The molecule has 4 bridgehead atoms. The number of carboxylic acid groups (broad SMARTS) is 1. The van der Waals surface area contributed by atoms with Crippen molar-refractivity contribution in [1.29, 1.82) is 0 Å². The molecule has 41 heavy (non-hydrogen) atoms. The van der Waals surface area contributed by atoms with E-state index < -0.39 is 11.9 Å². The van der Waals surface area contributed by atoms with Crippen molar-refractivity contribution in [2.24, 2.45) is 29.1 Å². The molecule has 0 radical (unpaired) electrons. The van der Waals surface area contributed by atoms with Crippen LogP contribution in [0, 0.1) is 29.1 Å². The molecule has 6 nitrogen and oxygen atoms in total. The average Bonchev–Trinajstić information content (AvgIpc) is 3.40. The number of nitrogens with one attached hydrogen (secondary N) is 1. The Bertz CT molecular complexity index is 1400. The molecule has 8 rings (SSSR count). The fourth-order valence-corrected chi connectivity index (χ4v) is 9.94. The first kappa shape index (κ1) is 26.7. The third-order valence-corrected chi connectivity index (χ3v) is 11.6. The second-order valence-electron chi connectivity index (χ2n) is 14.1. The highest BCUT2D eigenvalue weighted by Crippen LogP contribution is 2.65. The Hall–Kier alpha value is -3.15. The summed E-state index contributed by atoms with van der Waals surface area (Å²) in [6, 6.07) is 15.3. The molecule has 5 aliphatic rings. The number of aromatic nitrogens is 2. The maximum Gasteiger partial charge on any atom is 0.312 e. The number of aliphatic carboxylic acids is 1. The van der Waals surface area contributed by atoms with Gasteiger partial charge in [0.05, 0.1) is 5.69 Å². The zero-order valence-electron chi connectivity index (χ0n) is 24.2. The minimum atomic E-state index is -0.907. The van der Waals surface area contributed by atoms with Gasteiger partial charge in [-0.15, -0.1) is 0 Å². The van der Waals surface area contributed by atoms with E-state index in [0.717, 1.165) is 23.3 Å². The van der Waals surface area contributed by atoms with Gasteiger partial charge >= 0.3 is 5.97 Å². The third kappa shape index (κ3) is 4.67. The summed E-state index contributed by atoms with van der Waals surface area (Å²) in [6.45, 7) is 2.40. The van der Waals surface area contributed by atoms with Crippen molar-refractivity contribution in [2.75, 3.05) is 0 Å².